The van der Waals surface area contributed by atoms with Gasteiger partial charge in [-0.3, -0.25) is 0 Å². The first-order valence-electron chi connectivity index (χ1n) is 11.6. The van der Waals surface area contributed by atoms with Crippen molar-refractivity contribution in [3.8, 4) is 23.0 Å². The molecular formula is C29H18F6O6. The van der Waals surface area contributed by atoms with Gasteiger partial charge in [0.1, 0.15) is 23.0 Å². The molecule has 6 nitrogen and oxygen atoms in total. The Kier molecular flexibility index (Phi) is 7.69. The number of carboxylic acid groups (broad SMARTS) is 2. The Morgan fingerprint density at radius 2 is 0.854 bits per heavy atom. The predicted octanol–water partition coefficient (Wildman–Crippen LogP) is 8.08. The molecule has 0 aliphatic carbocycles. The van der Waals surface area contributed by atoms with Crippen molar-refractivity contribution in [1.82, 2.24) is 0 Å². The van der Waals surface area contributed by atoms with Crippen LogP contribution in [0, 0.1) is 0 Å². The number of benzene rings is 4. The van der Waals surface area contributed by atoms with Gasteiger partial charge >= 0.3 is 24.3 Å². The van der Waals surface area contributed by atoms with E-state index in [0.717, 1.165) is 36.4 Å². The lowest BCUT2D eigenvalue weighted by Gasteiger charge is -2.38. The first-order valence-corrected chi connectivity index (χ1v) is 11.6. The van der Waals surface area contributed by atoms with Crippen LogP contribution in [-0.2, 0) is 5.41 Å². The fourth-order valence-corrected chi connectivity index (χ4v) is 4.19. The third-order valence-corrected chi connectivity index (χ3v) is 6.06. The number of carboxylic acids is 2. The van der Waals surface area contributed by atoms with Crippen molar-refractivity contribution in [3.63, 3.8) is 0 Å². The van der Waals surface area contributed by atoms with Gasteiger partial charge in [-0.1, -0.05) is 36.4 Å². The monoisotopic (exact) mass is 576 g/mol. The molecule has 0 saturated heterocycles. The molecule has 41 heavy (non-hydrogen) atoms. The summed E-state index contributed by atoms with van der Waals surface area (Å²) in [6.45, 7) is 0. The van der Waals surface area contributed by atoms with Crippen LogP contribution in [0.3, 0.4) is 0 Å². The molecule has 0 aromatic heterocycles. The van der Waals surface area contributed by atoms with Gasteiger partial charge in [0.15, 0.2) is 0 Å². The van der Waals surface area contributed by atoms with Gasteiger partial charge in [-0.2, -0.15) is 26.3 Å². The van der Waals surface area contributed by atoms with Gasteiger partial charge in [-0.05, 0) is 71.8 Å². The van der Waals surface area contributed by atoms with Crippen LogP contribution < -0.4 is 9.47 Å². The molecule has 0 fully saturated rings. The summed E-state index contributed by atoms with van der Waals surface area (Å²) in [5.74, 6) is -2.73. The van der Waals surface area contributed by atoms with Crippen LogP contribution in [0.15, 0.2) is 97.1 Å². The van der Waals surface area contributed by atoms with E-state index in [2.05, 4.69) is 0 Å². The molecule has 0 saturated carbocycles. The third kappa shape index (κ3) is 5.81. The molecule has 0 heterocycles. The molecule has 0 atom stereocenters. The van der Waals surface area contributed by atoms with Crippen LogP contribution in [0.4, 0.5) is 26.3 Å². The van der Waals surface area contributed by atoms with Crippen molar-refractivity contribution < 1.29 is 55.6 Å². The van der Waals surface area contributed by atoms with Crippen molar-refractivity contribution in [1.29, 1.82) is 0 Å². The minimum Gasteiger partial charge on any atom is -0.478 e. The van der Waals surface area contributed by atoms with Crippen LogP contribution >= 0.6 is 0 Å². The average molecular weight is 576 g/mol. The number of aromatic carboxylic acids is 2. The highest BCUT2D eigenvalue weighted by molar-refractivity contribution is 5.88. The molecule has 4 aromatic rings. The van der Waals surface area contributed by atoms with Crippen molar-refractivity contribution in [2.45, 2.75) is 17.8 Å². The van der Waals surface area contributed by atoms with Crippen LogP contribution in [0.1, 0.15) is 31.8 Å². The Hall–Kier alpha value is -5.00. The summed E-state index contributed by atoms with van der Waals surface area (Å²) < 4.78 is 97.8. The maximum atomic E-state index is 14.5. The molecule has 0 spiro atoms. The summed E-state index contributed by atoms with van der Waals surface area (Å²) in [6, 6.07) is 16.6. The molecular weight excluding hydrogens is 558 g/mol. The van der Waals surface area contributed by atoms with E-state index >= 15 is 0 Å². The Morgan fingerprint density at radius 3 is 1.15 bits per heavy atom. The summed E-state index contributed by atoms with van der Waals surface area (Å²) in [7, 11) is 0. The number of carbonyl (C=O) groups is 2. The average Bonchev–Trinajstić information content (AvgIpc) is 2.89. The van der Waals surface area contributed by atoms with E-state index in [0.29, 0.717) is 24.3 Å². The van der Waals surface area contributed by atoms with Gasteiger partial charge < -0.3 is 19.7 Å². The highest BCUT2D eigenvalue weighted by atomic mass is 19.4. The highest BCUT2D eigenvalue weighted by Crippen LogP contribution is 2.56. The van der Waals surface area contributed by atoms with E-state index in [1.165, 1.54) is 36.4 Å². The zero-order valence-corrected chi connectivity index (χ0v) is 20.5. The number of alkyl halides is 6. The second-order valence-electron chi connectivity index (χ2n) is 8.66. The van der Waals surface area contributed by atoms with Crippen molar-refractivity contribution in [2.75, 3.05) is 0 Å². The Bertz CT molecular complexity index is 1440. The van der Waals surface area contributed by atoms with Gasteiger partial charge in [0.05, 0.1) is 11.1 Å². The molecule has 0 radical (unpaired) electrons. The lowest BCUT2D eigenvalue weighted by molar-refractivity contribution is -0.288. The molecule has 0 bridgehead atoms. The number of ether oxygens (including phenoxy) is 2. The number of hydrogen-bond acceptors (Lipinski definition) is 4. The Morgan fingerprint density at radius 1 is 0.512 bits per heavy atom. The predicted molar refractivity (Wildman–Crippen MR) is 133 cm³/mol. The van der Waals surface area contributed by atoms with E-state index in [-0.39, 0.29) is 34.1 Å². The molecule has 0 aliphatic rings. The summed E-state index contributed by atoms with van der Waals surface area (Å²) in [5, 5.41) is 18.2. The molecule has 2 N–H and O–H groups in total. The van der Waals surface area contributed by atoms with Crippen molar-refractivity contribution >= 4 is 11.9 Å². The fraction of sp³-hybridized carbons (Fsp3) is 0.103. The van der Waals surface area contributed by atoms with Crippen molar-refractivity contribution in [3.05, 3.63) is 119 Å². The summed E-state index contributed by atoms with van der Waals surface area (Å²) in [4.78, 5) is 22.3. The first-order chi connectivity index (χ1) is 19.2. The Balaban J connectivity index is 1.70. The van der Waals surface area contributed by atoms with E-state index in [4.69, 9.17) is 19.7 Å². The molecule has 212 valence electrons. The van der Waals surface area contributed by atoms with Gasteiger partial charge in [-0.15, -0.1) is 0 Å². The standard InChI is InChI=1S/C29H18F6O6/c30-28(31,32)27(29(33,34)35,19-7-11-21(12-8-19)40-23-5-1-3-17(15-23)25(36)37)20-9-13-22(14-10-20)41-24-6-2-4-18(16-24)26(38)39/h1-16H,(H,36,37)(H,38,39). The molecule has 0 aliphatic heterocycles. The molecule has 12 heteroatoms. The Labute approximate surface area is 228 Å². The van der Waals surface area contributed by atoms with E-state index in [9.17, 15) is 35.9 Å². The topological polar surface area (TPSA) is 93.1 Å². The van der Waals surface area contributed by atoms with Crippen LogP contribution in [0.25, 0.3) is 0 Å². The minimum atomic E-state index is -5.83. The molecule has 0 amide bonds. The second kappa shape index (κ2) is 10.9. The van der Waals surface area contributed by atoms with Crippen LogP contribution in [-0.4, -0.2) is 34.5 Å². The zero-order chi connectivity index (χ0) is 30.0. The molecule has 4 rings (SSSR count). The highest BCUT2D eigenvalue weighted by Gasteiger charge is 2.72. The quantitative estimate of drug-likeness (QED) is 0.206. The normalized spacial score (nSPS) is 12.0. The maximum Gasteiger partial charge on any atom is 0.411 e. The number of rotatable bonds is 8. The fourth-order valence-electron chi connectivity index (χ4n) is 4.19. The first kappa shape index (κ1) is 29.0. The number of halogens is 6. The molecule has 4 aromatic carbocycles. The van der Waals surface area contributed by atoms with Crippen LogP contribution in [0.5, 0.6) is 23.0 Å². The zero-order valence-electron chi connectivity index (χ0n) is 20.5. The lowest BCUT2D eigenvalue weighted by atomic mass is 9.73. The van der Waals surface area contributed by atoms with E-state index < -0.39 is 40.8 Å². The van der Waals surface area contributed by atoms with Gasteiger partial charge in [-0.25, -0.2) is 9.59 Å². The van der Waals surface area contributed by atoms with Gasteiger partial charge in [0, 0.05) is 0 Å². The van der Waals surface area contributed by atoms with Crippen molar-refractivity contribution in [2.24, 2.45) is 0 Å². The maximum absolute atomic E-state index is 14.5. The summed E-state index contributed by atoms with van der Waals surface area (Å²) in [6.07, 6.45) is -11.7. The van der Waals surface area contributed by atoms with Crippen LogP contribution in [0.2, 0.25) is 0 Å². The lowest BCUT2D eigenvalue weighted by Crippen LogP contribution is -2.54. The summed E-state index contributed by atoms with van der Waals surface area (Å²) >= 11 is 0. The van der Waals surface area contributed by atoms with Gasteiger partial charge in [0.2, 0.25) is 5.41 Å². The number of hydrogen-bond donors (Lipinski definition) is 2. The van der Waals surface area contributed by atoms with Gasteiger partial charge in [0.25, 0.3) is 0 Å². The smallest absolute Gasteiger partial charge is 0.411 e. The van der Waals surface area contributed by atoms with E-state index in [1.807, 2.05) is 0 Å². The third-order valence-electron chi connectivity index (χ3n) is 6.06. The SMILES string of the molecule is O=C(O)c1cccc(Oc2ccc(C(c3ccc(Oc4cccc(C(=O)O)c4)cc3)(C(F)(F)F)C(F)(F)F)cc2)c1. The summed E-state index contributed by atoms with van der Waals surface area (Å²) in [5.41, 5.74) is -6.95. The minimum absolute atomic E-state index is 0.0139. The largest absolute Gasteiger partial charge is 0.478 e. The second-order valence-corrected chi connectivity index (χ2v) is 8.66. The van der Waals surface area contributed by atoms with E-state index in [1.54, 1.807) is 0 Å². The molecule has 0 unspecified atom stereocenters.